The quantitative estimate of drug-likeness (QED) is 0.851. The van der Waals surface area contributed by atoms with Crippen LogP contribution in [0.4, 0.5) is 0 Å². The second-order valence-electron chi connectivity index (χ2n) is 4.19. The topological polar surface area (TPSA) is 21.3 Å². The Morgan fingerprint density at radius 3 is 3.07 bits per heavy atom. The summed E-state index contributed by atoms with van der Waals surface area (Å²) in [6.45, 7) is 6.35. The highest BCUT2D eigenvalue weighted by Crippen LogP contribution is 2.32. The Kier molecular flexibility index (Phi) is 3.78. The molecule has 2 rings (SSSR count). The van der Waals surface area contributed by atoms with Gasteiger partial charge in [-0.2, -0.15) is 11.3 Å². The van der Waals surface area contributed by atoms with Crippen LogP contribution in [0, 0.1) is 5.92 Å². The molecule has 0 radical (unpaired) electrons. The minimum absolute atomic E-state index is 0.347. The predicted octanol–water partition coefficient (Wildman–Crippen LogP) is 2.82. The normalized spacial score (nSPS) is 28.1. The Hall–Kier alpha value is -0.380. The highest BCUT2D eigenvalue weighted by Gasteiger charge is 2.32. The van der Waals surface area contributed by atoms with Crippen LogP contribution in [0.2, 0.25) is 0 Å². The monoisotopic (exact) mass is 225 g/mol. The van der Waals surface area contributed by atoms with Crippen molar-refractivity contribution in [3.05, 3.63) is 22.4 Å². The van der Waals surface area contributed by atoms with Crippen LogP contribution >= 0.6 is 11.3 Å². The van der Waals surface area contributed by atoms with Gasteiger partial charge >= 0.3 is 0 Å². The molecule has 1 saturated heterocycles. The van der Waals surface area contributed by atoms with E-state index < -0.39 is 0 Å². The van der Waals surface area contributed by atoms with Crippen molar-refractivity contribution in [2.75, 3.05) is 13.2 Å². The highest BCUT2D eigenvalue weighted by molar-refractivity contribution is 7.07. The maximum Gasteiger partial charge on any atom is 0.0796 e. The highest BCUT2D eigenvalue weighted by atomic mass is 32.1. The lowest BCUT2D eigenvalue weighted by Crippen LogP contribution is -2.34. The van der Waals surface area contributed by atoms with Gasteiger partial charge in [0.25, 0.3) is 0 Å². The van der Waals surface area contributed by atoms with Crippen molar-refractivity contribution in [2.24, 2.45) is 5.92 Å². The molecule has 0 saturated carbocycles. The summed E-state index contributed by atoms with van der Waals surface area (Å²) in [7, 11) is 0. The molecule has 0 aliphatic carbocycles. The molecule has 0 amide bonds. The van der Waals surface area contributed by atoms with E-state index in [0.717, 1.165) is 13.2 Å². The molecule has 3 atom stereocenters. The van der Waals surface area contributed by atoms with E-state index in [-0.39, 0.29) is 0 Å². The molecular formula is C12H19NOS. The van der Waals surface area contributed by atoms with Crippen LogP contribution in [0.3, 0.4) is 0 Å². The van der Waals surface area contributed by atoms with Crippen LogP contribution in [-0.2, 0) is 4.74 Å². The van der Waals surface area contributed by atoms with E-state index in [1.54, 1.807) is 11.3 Å². The molecule has 1 fully saturated rings. The number of rotatable bonds is 4. The SMILES string of the molecule is CCNC(c1ccsc1)C1OCCC1C. The van der Waals surface area contributed by atoms with Crippen LogP contribution in [0.15, 0.2) is 16.8 Å². The summed E-state index contributed by atoms with van der Waals surface area (Å²) in [4.78, 5) is 0. The molecule has 84 valence electrons. The number of hydrogen-bond acceptors (Lipinski definition) is 3. The van der Waals surface area contributed by atoms with E-state index in [4.69, 9.17) is 4.74 Å². The van der Waals surface area contributed by atoms with Gasteiger partial charge in [-0.25, -0.2) is 0 Å². The molecule has 2 nitrogen and oxygen atoms in total. The minimum atomic E-state index is 0.347. The van der Waals surface area contributed by atoms with Gasteiger partial charge in [0.1, 0.15) is 0 Å². The summed E-state index contributed by atoms with van der Waals surface area (Å²) in [6, 6.07) is 2.57. The predicted molar refractivity (Wildman–Crippen MR) is 64.3 cm³/mol. The van der Waals surface area contributed by atoms with Crippen LogP contribution in [0.25, 0.3) is 0 Å². The van der Waals surface area contributed by atoms with Crippen LogP contribution < -0.4 is 5.32 Å². The number of nitrogens with one attached hydrogen (secondary N) is 1. The molecule has 1 aromatic rings. The standard InChI is InChI=1S/C12H19NOS/c1-3-13-11(10-5-7-15-8-10)12-9(2)4-6-14-12/h5,7-9,11-13H,3-4,6H2,1-2H3. The van der Waals surface area contributed by atoms with Gasteiger partial charge in [-0.1, -0.05) is 13.8 Å². The maximum atomic E-state index is 5.85. The Labute approximate surface area is 95.6 Å². The van der Waals surface area contributed by atoms with E-state index >= 15 is 0 Å². The number of thiophene rings is 1. The molecule has 0 spiro atoms. The van der Waals surface area contributed by atoms with Gasteiger partial charge in [0.05, 0.1) is 12.1 Å². The van der Waals surface area contributed by atoms with Crippen molar-refractivity contribution in [1.29, 1.82) is 0 Å². The summed E-state index contributed by atoms with van der Waals surface area (Å²) in [6.07, 6.45) is 1.54. The van der Waals surface area contributed by atoms with Crippen molar-refractivity contribution in [3.8, 4) is 0 Å². The van der Waals surface area contributed by atoms with Gasteiger partial charge in [-0.3, -0.25) is 0 Å². The van der Waals surface area contributed by atoms with Gasteiger partial charge < -0.3 is 10.1 Å². The van der Waals surface area contributed by atoms with Gasteiger partial charge in [0, 0.05) is 6.61 Å². The Bertz CT molecular complexity index is 286. The summed E-state index contributed by atoms with van der Waals surface area (Å²) in [5.41, 5.74) is 1.38. The first kappa shape index (κ1) is 11.1. The molecule has 15 heavy (non-hydrogen) atoms. The van der Waals surface area contributed by atoms with Crippen molar-refractivity contribution >= 4 is 11.3 Å². The van der Waals surface area contributed by atoms with Crippen molar-refractivity contribution < 1.29 is 4.74 Å². The van der Waals surface area contributed by atoms with Crippen LogP contribution in [0.1, 0.15) is 31.9 Å². The first-order valence-electron chi connectivity index (χ1n) is 5.70. The van der Waals surface area contributed by atoms with Crippen LogP contribution in [-0.4, -0.2) is 19.3 Å². The third-order valence-corrected chi connectivity index (χ3v) is 3.80. The Morgan fingerprint density at radius 2 is 2.53 bits per heavy atom. The second-order valence-corrected chi connectivity index (χ2v) is 4.97. The van der Waals surface area contributed by atoms with E-state index in [0.29, 0.717) is 18.1 Å². The second kappa shape index (κ2) is 5.10. The zero-order chi connectivity index (χ0) is 10.7. The molecule has 1 N–H and O–H groups in total. The summed E-state index contributed by atoms with van der Waals surface area (Å²) in [5, 5.41) is 7.90. The largest absolute Gasteiger partial charge is 0.376 e. The third-order valence-electron chi connectivity index (χ3n) is 3.10. The molecule has 1 aliphatic rings. The molecule has 0 aromatic carbocycles. The van der Waals surface area contributed by atoms with Crippen molar-refractivity contribution in [3.63, 3.8) is 0 Å². The number of likely N-dealkylation sites (N-methyl/N-ethyl adjacent to an activating group) is 1. The lowest BCUT2D eigenvalue weighted by atomic mass is 9.94. The summed E-state index contributed by atoms with van der Waals surface area (Å²) < 4.78 is 5.85. The Balaban J connectivity index is 2.12. The van der Waals surface area contributed by atoms with Gasteiger partial charge in [0.15, 0.2) is 0 Å². The van der Waals surface area contributed by atoms with Crippen LogP contribution in [0.5, 0.6) is 0 Å². The maximum absolute atomic E-state index is 5.85. The lowest BCUT2D eigenvalue weighted by Gasteiger charge is -2.26. The summed E-state index contributed by atoms with van der Waals surface area (Å²) >= 11 is 1.76. The molecule has 1 aromatic heterocycles. The molecule has 3 unspecified atom stereocenters. The average molecular weight is 225 g/mol. The average Bonchev–Trinajstić information content (AvgIpc) is 2.85. The fraction of sp³-hybridized carbons (Fsp3) is 0.667. The van der Waals surface area contributed by atoms with E-state index in [2.05, 4.69) is 36.0 Å². The van der Waals surface area contributed by atoms with Crippen molar-refractivity contribution in [1.82, 2.24) is 5.32 Å². The molecule has 0 bridgehead atoms. The first-order valence-corrected chi connectivity index (χ1v) is 6.64. The zero-order valence-corrected chi connectivity index (χ0v) is 10.2. The number of ether oxygens (including phenoxy) is 1. The van der Waals surface area contributed by atoms with E-state index in [1.807, 2.05) is 0 Å². The number of hydrogen-bond donors (Lipinski definition) is 1. The molecule has 3 heteroatoms. The van der Waals surface area contributed by atoms with E-state index in [1.165, 1.54) is 12.0 Å². The first-order chi connectivity index (χ1) is 7.33. The van der Waals surface area contributed by atoms with Gasteiger partial charge in [0.2, 0.25) is 0 Å². The minimum Gasteiger partial charge on any atom is -0.376 e. The molecule has 1 aliphatic heterocycles. The summed E-state index contributed by atoms with van der Waals surface area (Å²) in [5.74, 6) is 0.661. The smallest absolute Gasteiger partial charge is 0.0796 e. The van der Waals surface area contributed by atoms with Crippen molar-refractivity contribution in [2.45, 2.75) is 32.4 Å². The molecule has 2 heterocycles. The molecular weight excluding hydrogens is 206 g/mol. The fourth-order valence-corrected chi connectivity index (χ4v) is 2.94. The Morgan fingerprint density at radius 1 is 1.67 bits per heavy atom. The third kappa shape index (κ3) is 2.41. The lowest BCUT2D eigenvalue weighted by molar-refractivity contribution is 0.0613. The fourth-order valence-electron chi connectivity index (χ4n) is 2.24. The van der Waals surface area contributed by atoms with Gasteiger partial charge in [-0.15, -0.1) is 0 Å². The van der Waals surface area contributed by atoms with Gasteiger partial charge in [-0.05, 0) is 41.3 Å². The zero-order valence-electron chi connectivity index (χ0n) is 9.40. The van der Waals surface area contributed by atoms with E-state index in [9.17, 15) is 0 Å².